The van der Waals surface area contributed by atoms with Gasteiger partial charge >= 0.3 is 0 Å². The third-order valence-corrected chi connectivity index (χ3v) is 6.27. The predicted molar refractivity (Wildman–Crippen MR) is 170 cm³/mol. The van der Waals surface area contributed by atoms with Crippen molar-refractivity contribution in [1.82, 2.24) is 19.9 Å². The van der Waals surface area contributed by atoms with Gasteiger partial charge in [0.15, 0.2) is 5.82 Å². The first-order valence-electron chi connectivity index (χ1n) is 12.1. The van der Waals surface area contributed by atoms with E-state index in [9.17, 15) is 13.6 Å². The van der Waals surface area contributed by atoms with Crippen LogP contribution in [0.3, 0.4) is 0 Å². The molecule has 42 heavy (non-hydrogen) atoms. The molecule has 4 rings (SSSR count). The largest absolute Gasteiger partial charge is 0.306 e. The van der Waals surface area contributed by atoms with Crippen LogP contribution in [0.25, 0.3) is 22.8 Å². The summed E-state index contributed by atoms with van der Waals surface area (Å²) in [6.45, 7) is 11.8. The van der Waals surface area contributed by atoms with Gasteiger partial charge in [-0.3, -0.25) is 4.79 Å². The van der Waals surface area contributed by atoms with Crippen LogP contribution in [-0.4, -0.2) is 24.1 Å². The van der Waals surface area contributed by atoms with Crippen LogP contribution in [0.15, 0.2) is 53.6 Å². The van der Waals surface area contributed by atoms with E-state index in [1.807, 2.05) is 41.5 Å². The van der Waals surface area contributed by atoms with Crippen LogP contribution in [0.5, 0.6) is 0 Å². The van der Waals surface area contributed by atoms with E-state index in [4.69, 9.17) is 39.0 Å². The van der Waals surface area contributed by atoms with Crippen molar-refractivity contribution in [3.05, 3.63) is 97.1 Å². The summed E-state index contributed by atoms with van der Waals surface area (Å²) in [6, 6.07) is 8.38. The maximum atomic E-state index is 13.7. The fourth-order valence-electron chi connectivity index (χ4n) is 3.41. The first kappa shape index (κ1) is 36.1. The first-order valence-corrected chi connectivity index (χ1v) is 16.0. The molecule has 0 spiro atoms. The molecule has 226 valence electrons. The highest BCUT2D eigenvalue weighted by Gasteiger charge is 2.21. The molecule has 0 unspecified atom stereocenters. The van der Waals surface area contributed by atoms with Crippen LogP contribution < -0.4 is 5.56 Å². The van der Waals surface area contributed by atoms with E-state index in [2.05, 4.69) is 41.3 Å². The Bertz CT molecular complexity index is 1640. The van der Waals surface area contributed by atoms with Crippen LogP contribution in [0.1, 0.15) is 52.7 Å². The molecule has 0 aliphatic carbocycles. The van der Waals surface area contributed by atoms with Crippen molar-refractivity contribution in [3.63, 3.8) is 0 Å². The van der Waals surface area contributed by atoms with Gasteiger partial charge in [-0.25, -0.2) is 27.9 Å². The van der Waals surface area contributed by atoms with Crippen LogP contribution in [-0.2, 0) is 20.1 Å². The third kappa shape index (κ3) is 10.5. The van der Waals surface area contributed by atoms with Gasteiger partial charge in [-0.2, -0.15) is 0 Å². The third-order valence-electron chi connectivity index (χ3n) is 5.51. The van der Waals surface area contributed by atoms with Gasteiger partial charge in [0.2, 0.25) is 9.23 Å². The highest BCUT2D eigenvalue weighted by molar-refractivity contribution is 8.26. The summed E-state index contributed by atoms with van der Waals surface area (Å²) in [5, 5.41) is 1.15. The van der Waals surface area contributed by atoms with Crippen molar-refractivity contribution in [1.29, 1.82) is 0 Å². The lowest BCUT2D eigenvalue weighted by atomic mass is 9.89. The van der Waals surface area contributed by atoms with Crippen LogP contribution in [0, 0.1) is 11.6 Å². The first-order chi connectivity index (χ1) is 19.3. The molecule has 0 aliphatic rings. The summed E-state index contributed by atoms with van der Waals surface area (Å²) in [4.78, 5) is 27.1. The van der Waals surface area contributed by atoms with Crippen molar-refractivity contribution >= 4 is 65.4 Å². The van der Waals surface area contributed by atoms with E-state index < -0.39 is 20.9 Å². The molecule has 0 fully saturated rings. The van der Waals surface area contributed by atoms with E-state index in [-0.39, 0.29) is 39.2 Å². The lowest BCUT2D eigenvalue weighted by Gasteiger charge is -2.19. The summed E-state index contributed by atoms with van der Waals surface area (Å²) < 4.78 is 36.5. The summed E-state index contributed by atoms with van der Waals surface area (Å²) in [5.74, 6) is -0.490. The van der Waals surface area contributed by atoms with Crippen LogP contribution >= 0.6 is 56.2 Å². The molecule has 0 amide bonds. The molecular weight excluding hydrogens is 672 g/mol. The lowest BCUT2D eigenvalue weighted by molar-refractivity contribution is 0.577. The number of aromatic nitrogens is 4. The predicted octanol–water partition coefficient (Wildman–Crippen LogP) is 9.46. The zero-order valence-corrected chi connectivity index (χ0v) is 27.9. The summed E-state index contributed by atoms with van der Waals surface area (Å²) in [7, 11) is 7.36. The van der Waals surface area contributed by atoms with Crippen molar-refractivity contribution in [2.24, 2.45) is 0 Å². The van der Waals surface area contributed by atoms with E-state index >= 15 is 0 Å². The minimum absolute atomic E-state index is 0.164. The number of rotatable bonds is 2. The second-order valence-electron chi connectivity index (χ2n) is 10.8. The normalized spacial score (nSPS) is 11.4. The van der Waals surface area contributed by atoms with E-state index in [0.29, 0.717) is 20.8 Å². The molecule has 2 heterocycles. The number of hydrogen-bond donors (Lipinski definition) is 1. The Morgan fingerprint density at radius 2 is 1.21 bits per heavy atom. The number of nitrogens with zero attached hydrogens (tertiary/aromatic N) is 3. The van der Waals surface area contributed by atoms with Gasteiger partial charge in [0.05, 0.1) is 11.1 Å². The SMILES string of the molecule is CC(C)(C)c1cnc(-c2cc(Cl)ccc2F)[nH]c1=O.CC(C)(C)c1cnc(-c2cc(Cl)ccc2F)nc1Cl.O=S(Cl)Cl. The Morgan fingerprint density at radius 3 is 1.67 bits per heavy atom. The smallest absolute Gasteiger partial charge is 0.254 e. The van der Waals surface area contributed by atoms with E-state index in [1.165, 1.54) is 42.6 Å². The van der Waals surface area contributed by atoms with E-state index in [1.54, 1.807) is 6.20 Å². The van der Waals surface area contributed by atoms with Crippen LogP contribution in [0.2, 0.25) is 15.2 Å². The van der Waals surface area contributed by atoms with Gasteiger partial charge < -0.3 is 4.98 Å². The van der Waals surface area contributed by atoms with Gasteiger partial charge in [0, 0.05) is 54.9 Å². The molecule has 2 aromatic carbocycles. The monoisotopic (exact) mass is 696 g/mol. The second-order valence-corrected chi connectivity index (χ2v) is 14.6. The summed E-state index contributed by atoms with van der Waals surface area (Å²) >= 11 is 17.8. The number of hydrogen-bond acceptors (Lipinski definition) is 5. The molecule has 0 aliphatic heterocycles. The van der Waals surface area contributed by atoms with Gasteiger partial charge in [-0.05, 0) is 47.2 Å². The molecule has 0 atom stereocenters. The Kier molecular flexibility index (Phi) is 12.9. The highest BCUT2D eigenvalue weighted by Crippen LogP contribution is 2.30. The van der Waals surface area contributed by atoms with Gasteiger partial charge in [-0.1, -0.05) is 76.3 Å². The number of benzene rings is 2. The minimum atomic E-state index is -1.67. The van der Waals surface area contributed by atoms with Gasteiger partial charge in [0.25, 0.3) is 5.56 Å². The second kappa shape index (κ2) is 15.0. The highest BCUT2D eigenvalue weighted by atomic mass is 36.0. The molecule has 0 bridgehead atoms. The van der Waals surface area contributed by atoms with Crippen molar-refractivity contribution in [2.45, 2.75) is 52.4 Å². The molecule has 4 aromatic rings. The van der Waals surface area contributed by atoms with Gasteiger partial charge in [0.1, 0.15) is 22.6 Å². The average Bonchev–Trinajstić information content (AvgIpc) is 2.85. The van der Waals surface area contributed by atoms with Crippen LogP contribution in [0.4, 0.5) is 8.78 Å². The standard InChI is InChI=1S/C14H13Cl2FN2.C14H14ClFN2O.Cl2OS/c1-14(2,3)10-7-18-13(19-12(10)16)9-6-8(15)4-5-11(9)17;1-14(2,3)10-7-17-12(18-13(10)19)9-6-8(15)4-5-11(9)16;1-4(2)3/h4-7H,1-3H3;4-7H,1-3H3,(H,17,18,19);. The van der Waals surface area contributed by atoms with Gasteiger partial charge in [-0.15, -0.1) is 0 Å². The molecule has 6 nitrogen and oxygen atoms in total. The number of halogens is 7. The number of nitrogens with one attached hydrogen (secondary N) is 1. The Balaban J connectivity index is 0.000000261. The number of H-pyrrole nitrogens is 1. The summed E-state index contributed by atoms with van der Waals surface area (Å²) in [5.41, 5.74) is 1.06. The van der Waals surface area contributed by atoms with Crippen molar-refractivity contribution in [2.75, 3.05) is 0 Å². The zero-order chi connectivity index (χ0) is 32.0. The maximum Gasteiger partial charge on any atom is 0.254 e. The Morgan fingerprint density at radius 1 is 0.762 bits per heavy atom. The Hall–Kier alpha value is -2.14. The lowest BCUT2D eigenvalue weighted by Crippen LogP contribution is -2.25. The fourth-order valence-corrected chi connectivity index (χ4v) is 4.16. The van der Waals surface area contributed by atoms with E-state index in [0.717, 1.165) is 5.56 Å². The molecule has 0 saturated heterocycles. The molecule has 1 N–H and O–H groups in total. The number of aromatic amines is 1. The zero-order valence-electron chi connectivity index (χ0n) is 23.3. The maximum absolute atomic E-state index is 13.7. The summed E-state index contributed by atoms with van der Waals surface area (Å²) in [6.07, 6.45) is 3.11. The topological polar surface area (TPSA) is 88.6 Å². The van der Waals surface area contributed by atoms with Crippen molar-refractivity contribution in [3.8, 4) is 22.8 Å². The molecule has 2 aromatic heterocycles. The molecule has 14 heteroatoms. The fraction of sp³-hybridized carbons (Fsp3) is 0.286. The van der Waals surface area contributed by atoms with Crippen molar-refractivity contribution < 1.29 is 13.0 Å². The minimum Gasteiger partial charge on any atom is -0.306 e. The molecule has 0 saturated carbocycles. The molecular formula is C28H27Cl5F2N4O2S. The quantitative estimate of drug-likeness (QED) is 0.167. The Labute approximate surface area is 269 Å². The average molecular weight is 699 g/mol. The molecule has 0 radical (unpaired) electrons.